The normalized spacial score (nSPS) is 11.1. The van der Waals surface area contributed by atoms with Gasteiger partial charge >= 0.3 is 0 Å². The third-order valence-corrected chi connectivity index (χ3v) is 3.96. The number of likely N-dealkylation sites (N-methyl/N-ethyl adjacent to an activating group) is 1. The van der Waals surface area contributed by atoms with Crippen molar-refractivity contribution >= 4 is 16.6 Å². The molecule has 0 radical (unpaired) electrons. The molecule has 0 saturated heterocycles. The van der Waals surface area contributed by atoms with Gasteiger partial charge in [0, 0.05) is 12.1 Å². The fourth-order valence-corrected chi connectivity index (χ4v) is 2.73. The Morgan fingerprint density at radius 2 is 1.58 bits per heavy atom. The van der Waals surface area contributed by atoms with E-state index in [9.17, 15) is 15.0 Å². The summed E-state index contributed by atoms with van der Waals surface area (Å²) in [6, 6.07) is 18.2. The number of Topliss-reactive ketones (excluding diaryl/α,β-unsaturated/α-hetero) is 1. The first kappa shape index (κ1) is 16.0. The predicted octanol–water partition coefficient (Wildman–Crippen LogP) is 3.57. The molecule has 4 nitrogen and oxygen atoms in total. The molecule has 2 N–H and O–H groups in total. The Morgan fingerprint density at radius 1 is 0.917 bits per heavy atom. The summed E-state index contributed by atoms with van der Waals surface area (Å²) in [7, 11) is 1.91. The molecular formula is C20H19NO3. The van der Waals surface area contributed by atoms with E-state index in [4.69, 9.17) is 0 Å². The largest absolute Gasteiger partial charge is 0.504 e. The SMILES string of the molecule is CN(CC(=O)c1ccc2cc(O)c(O)cc2c1)Cc1ccccc1. The molecular weight excluding hydrogens is 302 g/mol. The number of phenolic OH excluding ortho intramolecular Hbond substituents is 2. The number of phenols is 2. The first-order chi connectivity index (χ1) is 11.5. The first-order valence-corrected chi connectivity index (χ1v) is 7.74. The summed E-state index contributed by atoms with van der Waals surface area (Å²) in [5.41, 5.74) is 1.75. The molecule has 0 amide bonds. The van der Waals surface area contributed by atoms with E-state index in [-0.39, 0.29) is 17.3 Å². The van der Waals surface area contributed by atoms with Gasteiger partial charge in [0.1, 0.15) is 0 Å². The van der Waals surface area contributed by atoms with Crippen molar-refractivity contribution in [3.63, 3.8) is 0 Å². The topological polar surface area (TPSA) is 60.8 Å². The van der Waals surface area contributed by atoms with Crippen LogP contribution in [0.3, 0.4) is 0 Å². The van der Waals surface area contributed by atoms with E-state index >= 15 is 0 Å². The molecule has 0 heterocycles. The van der Waals surface area contributed by atoms with Crippen molar-refractivity contribution < 1.29 is 15.0 Å². The van der Waals surface area contributed by atoms with Gasteiger partial charge in [-0.15, -0.1) is 0 Å². The van der Waals surface area contributed by atoms with Crippen molar-refractivity contribution in [1.82, 2.24) is 4.90 Å². The first-order valence-electron chi connectivity index (χ1n) is 7.74. The van der Waals surface area contributed by atoms with Gasteiger partial charge < -0.3 is 10.2 Å². The number of aromatic hydroxyl groups is 2. The Balaban J connectivity index is 1.75. The molecule has 0 aliphatic heterocycles. The number of hydrogen-bond acceptors (Lipinski definition) is 4. The lowest BCUT2D eigenvalue weighted by atomic mass is 10.0. The summed E-state index contributed by atoms with van der Waals surface area (Å²) in [6.45, 7) is 1.01. The van der Waals surface area contributed by atoms with E-state index in [2.05, 4.69) is 0 Å². The molecule has 0 unspecified atom stereocenters. The van der Waals surface area contributed by atoms with E-state index in [0.717, 1.165) is 16.3 Å². The molecule has 0 atom stereocenters. The number of fused-ring (bicyclic) bond motifs is 1. The van der Waals surface area contributed by atoms with Crippen LogP contribution in [0, 0.1) is 0 Å². The van der Waals surface area contributed by atoms with Crippen molar-refractivity contribution in [1.29, 1.82) is 0 Å². The number of benzene rings is 3. The summed E-state index contributed by atoms with van der Waals surface area (Å²) in [6.07, 6.45) is 0. The van der Waals surface area contributed by atoms with Crippen molar-refractivity contribution in [2.75, 3.05) is 13.6 Å². The fraction of sp³-hybridized carbons (Fsp3) is 0.150. The average Bonchev–Trinajstić information content (AvgIpc) is 2.56. The highest BCUT2D eigenvalue weighted by atomic mass is 16.3. The second kappa shape index (κ2) is 6.72. The molecule has 0 aliphatic carbocycles. The maximum absolute atomic E-state index is 12.5. The molecule has 0 spiro atoms. The minimum absolute atomic E-state index is 0.0166. The number of ketones is 1. The molecule has 24 heavy (non-hydrogen) atoms. The number of hydrogen-bond donors (Lipinski definition) is 2. The van der Waals surface area contributed by atoms with Gasteiger partial charge in [0.15, 0.2) is 17.3 Å². The molecule has 3 rings (SSSR count). The lowest BCUT2D eigenvalue weighted by molar-refractivity contribution is 0.0943. The van der Waals surface area contributed by atoms with Gasteiger partial charge in [-0.05, 0) is 41.6 Å². The Bertz CT molecular complexity index is 875. The molecule has 3 aromatic carbocycles. The van der Waals surface area contributed by atoms with Gasteiger partial charge in [0.25, 0.3) is 0 Å². The highest BCUT2D eigenvalue weighted by Gasteiger charge is 2.11. The van der Waals surface area contributed by atoms with Crippen LogP contribution in [0.15, 0.2) is 60.7 Å². The zero-order chi connectivity index (χ0) is 17.1. The Labute approximate surface area is 140 Å². The van der Waals surface area contributed by atoms with E-state index in [1.54, 1.807) is 18.2 Å². The van der Waals surface area contributed by atoms with Crippen molar-refractivity contribution in [2.45, 2.75) is 6.54 Å². The van der Waals surface area contributed by atoms with Crippen LogP contribution in [0.1, 0.15) is 15.9 Å². The Kier molecular flexibility index (Phi) is 4.49. The third kappa shape index (κ3) is 3.55. The minimum atomic E-state index is -0.187. The van der Waals surface area contributed by atoms with Crippen LogP contribution >= 0.6 is 0 Å². The van der Waals surface area contributed by atoms with Gasteiger partial charge in [-0.1, -0.05) is 42.5 Å². The second-order valence-corrected chi connectivity index (χ2v) is 5.98. The maximum atomic E-state index is 12.5. The molecule has 0 aliphatic rings. The zero-order valence-electron chi connectivity index (χ0n) is 13.4. The lowest BCUT2D eigenvalue weighted by Crippen LogP contribution is -2.25. The quantitative estimate of drug-likeness (QED) is 0.557. The summed E-state index contributed by atoms with van der Waals surface area (Å²) in [4.78, 5) is 14.5. The van der Waals surface area contributed by atoms with Crippen molar-refractivity contribution in [2.24, 2.45) is 0 Å². The van der Waals surface area contributed by atoms with Crippen LogP contribution in [0.5, 0.6) is 11.5 Å². The van der Waals surface area contributed by atoms with Crippen LogP contribution in [-0.4, -0.2) is 34.5 Å². The molecule has 0 bridgehead atoms. The maximum Gasteiger partial charge on any atom is 0.176 e. The highest BCUT2D eigenvalue weighted by Crippen LogP contribution is 2.30. The highest BCUT2D eigenvalue weighted by molar-refractivity contribution is 6.01. The van der Waals surface area contributed by atoms with Gasteiger partial charge in [-0.25, -0.2) is 0 Å². The van der Waals surface area contributed by atoms with Gasteiger partial charge in [0.2, 0.25) is 0 Å². The van der Waals surface area contributed by atoms with Crippen LogP contribution < -0.4 is 0 Å². The van der Waals surface area contributed by atoms with Gasteiger partial charge in [-0.3, -0.25) is 9.69 Å². The Hall–Kier alpha value is -2.85. The number of nitrogens with zero attached hydrogens (tertiary/aromatic N) is 1. The van der Waals surface area contributed by atoms with Crippen LogP contribution in [-0.2, 0) is 6.54 Å². The molecule has 4 heteroatoms. The van der Waals surface area contributed by atoms with Crippen molar-refractivity contribution in [3.05, 3.63) is 71.8 Å². The lowest BCUT2D eigenvalue weighted by Gasteiger charge is -2.16. The summed E-state index contributed by atoms with van der Waals surface area (Å²) < 4.78 is 0. The fourth-order valence-electron chi connectivity index (χ4n) is 2.73. The number of carbonyl (C=O) groups is 1. The average molecular weight is 321 g/mol. The zero-order valence-corrected chi connectivity index (χ0v) is 13.4. The van der Waals surface area contributed by atoms with Crippen molar-refractivity contribution in [3.8, 4) is 11.5 Å². The van der Waals surface area contributed by atoms with Crippen LogP contribution in [0.4, 0.5) is 0 Å². The summed E-state index contributed by atoms with van der Waals surface area (Å²) in [5, 5.41) is 20.6. The van der Waals surface area contributed by atoms with Crippen LogP contribution in [0.2, 0.25) is 0 Å². The standard InChI is InChI=1S/C20H19NO3/c1-21(12-14-5-3-2-4-6-14)13-20(24)16-8-7-15-10-18(22)19(23)11-17(15)9-16/h2-11,22-23H,12-13H2,1H3. The van der Waals surface area contributed by atoms with E-state index < -0.39 is 0 Å². The summed E-state index contributed by atoms with van der Waals surface area (Å²) in [5.74, 6) is -0.333. The summed E-state index contributed by atoms with van der Waals surface area (Å²) >= 11 is 0. The minimum Gasteiger partial charge on any atom is -0.504 e. The monoisotopic (exact) mass is 321 g/mol. The number of carbonyl (C=O) groups excluding carboxylic acids is 1. The molecule has 0 aromatic heterocycles. The Morgan fingerprint density at radius 3 is 2.29 bits per heavy atom. The third-order valence-electron chi connectivity index (χ3n) is 3.96. The second-order valence-electron chi connectivity index (χ2n) is 5.98. The smallest absolute Gasteiger partial charge is 0.176 e. The molecule has 0 saturated carbocycles. The number of rotatable bonds is 5. The van der Waals surface area contributed by atoms with E-state index in [1.807, 2.05) is 42.3 Å². The van der Waals surface area contributed by atoms with Gasteiger partial charge in [-0.2, -0.15) is 0 Å². The van der Waals surface area contributed by atoms with E-state index in [1.165, 1.54) is 12.1 Å². The predicted molar refractivity (Wildman–Crippen MR) is 94.4 cm³/mol. The molecule has 122 valence electrons. The van der Waals surface area contributed by atoms with Gasteiger partial charge in [0.05, 0.1) is 6.54 Å². The van der Waals surface area contributed by atoms with E-state index in [0.29, 0.717) is 18.7 Å². The molecule has 0 fully saturated rings. The molecule has 3 aromatic rings. The van der Waals surface area contributed by atoms with Crippen LogP contribution in [0.25, 0.3) is 10.8 Å².